The normalized spacial score (nSPS) is 20.4. The molecule has 2 aliphatic heterocycles. The van der Waals surface area contributed by atoms with Crippen LogP contribution in [0.25, 0.3) is 0 Å². The average molecular weight is 415 g/mol. The fraction of sp³-hybridized carbons (Fsp3) is 0.522. The van der Waals surface area contributed by atoms with Crippen LogP contribution in [0.3, 0.4) is 0 Å². The lowest BCUT2D eigenvalue weighted by atomic mass is 9.90. The van der Waals surface area contributed by atoms with Crippen LogP contribution in [0.1, 0.15) is 41.8 Å². The van der Waals surface area contributed by atoms with Gasteiger partial charge in [0.2, 0.25) is 5.91 Å². The number of carbonyl (C=O) groups is 1. The maximum Gasteiger partial charge on any atom is 0.236 e. The topological polar surface area (TPSA) is 42.0 Å². The van der Waals surface area contributed by atoms with Crippen molar-refractivity contribution in [3.8, 4) is 11.5 Å². The Bertz CT molecular complexity index is 844. The van der Waals surface area contributed by atoms with Crippen molar-refractivity contribution in [3.63, 3.8) is 0 Å². The van der Waals surface area contributed by atoms with E-state index in [0.717, 1.165) is 56.3 Å². The summed E-state index contributed by atoms with van der Waals surface area (Å²) in [6.07, 6.45) is 3.13. The minimum Gasteiger partial charge on any atom is -0.493 e. The van der Waals surface area contributed by atoms with Gasteiger partial charge in [-0.15, -0.1) is 11.3 Å². The third kappa shape index (κ3) is 4.14. The van der Waals surface area contributed by atoms with Crippen molar-refractivity contribution in [3.05, 3.63) is 45.6 Å². The van der Waals surface area contributed by atoms with Crippen molar-refractivity contribution >= 4 is 17.2 Å². The Morgan fingerprint density at radius 2 is 1.86 bits per heavy atom. The van der Waals surface area contributed by atoms with E-state index < -0.39 is 0 Å². The number of likely N-dealkylation sites (tertiary alicyclic amines) is 1. The van der Waals surface area contributed by atoms with E-state index in [1.807, 2.05) is 0 Å². The molecule has 0 aliphatic carbocycles. The van der Waals surface area contributed by atoms with E-state index in [1.54, 1.807) is 25.6 Å². The summed E-state index contributed by atoms with van der Waals surface area (Å²) in [5, 5.41) is 2.11. The van der Waals surface area contributed by atoms with E-state index in [-0.39, 0.29) is 11.9 Å². The van der Waals surface area contributed by atoms with Crippen molar-refractivity contribution in [2.45, 2.75) is 32.2 Å². The second-order valence-electron chi connectivity index (χ2n) is 8.11. The molecule has 0 N–H and O–H groups in total. The van der Waals surface area contributed by atoms with E-state index in [9.17, 15) is 4.79 Å². The Balaban J connectivity index is 1.62. The van der Waals surface area contributed by atoms with Gasteiger partial charge < -0.3 is 14.4 Å². The smallest absolute Gasteiger partial charge is 0.236 e. The van der Waals surface area contributed by atoms with Crippen LogP contribution in [-0.4, -0.2) is 56.1 Å². The number of piperidine rings is 1. The van der Waals surface area contributed by atoms with Gasteiger partial charge in [-0.2, -0.15) is 0 Å². The molecule has 2 aromatic rings. The molecule has 1 atom stereocenters. The first-order valence-corrected chi connectivity index (χ1v) is 11.3. The van der Waals surface area contributed by atoms with Gasteiger partial charge in [-0.05, 0) is 59.9 Å². The summed E-state index contributed by atoms with van der Waals surface area (Å²) in [5.41, 5.74) is 2.49. The van der Waals surface area contributed by atoms with Gasteiger partial charge in [0.1, 0.15) is 0 Å². The molecule has 0 bridgehead atoms. The van der Waals surface area contributed by atoms with Crippen LogP contribution in [0.5, 0.6) is 11.5 Å². The fourth-order valence-electron chi connectivity index (χ4n) is 4.48. The Hall–Kier alpha value is -2.05. The average Bonchev–Trinajstić information content (AvgIpc) is 3.27. The number of hydrogen-bond donors (Lipinski definition) is 0. The number of carbonyl (C=O) groups excluding carboxylic acids is 1. The summed E-state index contributed by atoms with van der Waals surface area (Å²) < 4.78 is 11.1. The molecule has 29 heavy (non-hydrogen) atoms. The number of amides is 1. The molecule has 4 rings (SSSR count). The van der Waals surface area contributed by atoms with E-state index >= 15 is 0 Å². The van der Waals surface area contributed by atoms with Crippen LogP contribution >= 0.6 is 11.3 Å². The number of rotatable bonds is 5. The van der Waals surface area contributed by atoms with Gasteiger partial charge in [-0.25, -0.2) is 0 Å². The molecule has 0 spiro atoms. The standard InChI is InChI=1S/C23H30N2O3S/c1-16-6-9-24(10-7-16)22(26)15-25-11-8-17-13-19(27-2)20(28-3)14-18(17)23(25)21-5-4-12-29-21/h4-5,12-14,16,23H,6-11,15H2,1-3H3. The highest BCUT2D eigenvalue weighted by atomic mass is 32.1. The van der Waals surface area contributed by atoms with Crippen molar-refractivity contribution < 1.29 is 14.3 Å². The lowest BCUT2D eigenvalue weighted by Crippen LogP contribution is -2.46. The summed E-state index contributed by atoms with van der Waals surface area (Å²) in [6, 6.07) is 8.52. The maximum atomic E-state index is 13.1. The van der Waals surface area contributed by atoms with Crippen molar-refractivity contribution in [1.82, 2.24) is 9.80 Å². The van der Waals surface area contributed by atoms with Gasteiger partial charge in [0.15, 0.2) is 11.5 Å². The number of thiophene rings is 1. The second-order valence-corrected chi connectivity index (χ2v) is 9.09. The largest absolute Gasteiger partial charge is 0.493 e. The molecule has 3 heterocycles. The van der Waals surface area contributed by atoms with Crippen molar-refractivity contribution in [2.24, 2.45) is 5.92 Å². The quantitative estimate of drug-likeness (QED) is 0.742. The van der Waals surface area contributed by atoms with Crippen LogP contribution in [0.4, 0.5) is 0 Å². The third-order valence-corrected chi connectivity index (χ3v) is 7.19. The van der Waals surface area contributed by atoms with Gasteiger partial charge in [0, 0.05) is 24.5 Å². The van der Waals surface area contributed by atoms with Crippen LogP contribution in [0.15, 0.2) is 29.6 Å². The molecule has 5 nitrogen and oxygen atoms in total. The highest BCUT2D eigenvalue weighted by Gasteiger charge is 2.33. The van der Waals surface area contributed by atoms with Crippen LogP contribution < -0.4 is 9.47 Å². The number of methoxy groups -OCH3 is 2. The molecule has 1 unspecified atom stereocenters. The Labute approximate surface area is 177 Å². The minimum atomic E-state index is 0.0752. The van der Waals surface area contributed by atoms with Crippen LogP contribution in [0.2, 0.25) is 0 Å². The molecule has 1 fully saturated rings. The molecule has 1 saturated heterocycles. The van der Waals surface area contributed by atoms with E-state index in [0.29, 0.717) is 6.54 Å². The molecule has 0 radical (unpaired) electrons. The summed E-state index contributed by atoms with van der Waals surface area (Å²) in [7, 11) is 3.35. The first-order valence-electron chi connectivity index (χ1n) is 10.4. The number of ether oxygens (including phenoxy) is 2. The summed E-state index contributed by atoms with van der Waals surface area (Å²) in [4.78, 5) is 18.7. The van der Waals surface area contributed by atoms with Gasteiger partial charge >= 0.3 is 0 Å². The third-order valence-electron chi connectivity index (χ3n) is 6.26. The van der Waals surface area contributed by atoms with Gasteiger partial charge in [0.25, 0.3) is 0 Å². The van der Waals surface area contributed by atoms with Gasteiger partial charge in [0.05, 0.1) is 26.8 Å². The molecule has 0 saturated carbocycles. The number of nitrogens with zero attached hydrogens (tertiary/aromatic N) is 2. The highest BCUT2D eigenvalue weighted by Crippen LogP contribution is 2.42. The Morgan fingerprint density at radius 3 is 2.52 bits per heavy atom. The van der Waals surface area contributed by atoms with Crippen LogP contribution in [-0.2, 0) is 11.2 Å². The summed E-state index contributed by atoms with van der Waals surface area (Å²) in [5.74, 6) is 2.48. The van der Waals surface area contributed by atoms with E-state index in [1.165, 1.54) is 16.0 Å². The molecule has 1 aromatic heterocycles. The molecule has 1 aromatic carbocycles. The number of hydrogen-bond acceptors (Lipinski definition) is 5. The molecule has 156 valence electrons. The molecular formula is C23H30N2O3S. The number of benzene rings is 1. The zero-order valence-corrected chi connectivity index (χ0v) is 18.3. The highest BCUT2D eigenvalue weighted by molar-refractivity contribution is 7.10. The van der Waals surface area contributed by atoms with E-state index in [2.05, 4.69) is 46.4 Å². The SMILES string of the molecule is COc1cc2c(cc1OC)C(c1cccs1)N(CC(=O)N1CCC(C)CC1)CC2. The van der Waals surface area contributed by atoms with Gasteiger partial charge in [-0.3, -0.25) is 9.69 Å². The zero-order chi connectivity index (χ0) is 20.4. The van der Waals surface area contributed by atoms with Gasteiger partial charge in [-0.1, -0.05) is 13.0 Å². The Kier molecular flexibility index (Phi) is 6.11. The first-order chi connectivity index (χ1) is 14.1. The summed E-state index contributed by atoms with van der Waals surface area (Å²) >= 11 is 1.74. The predicted octanol–water partition coefficient (Wildman–Crippen LogP) is 3.97. The lowest BCUT2D eigenvalue weighted by Gasteiger charge is -2.39. The second kappa shape index (κ2) is 8.76. The number of fused-ring (bicyclic) bond motifs is 1. The predicted molar refractivity (Wildman–Crippen MR) is 116 cm³/mol. The van der Waals surface area contributed by atoms with Crippen molar-refractivity contribution in [1.29, 1.82) is 0 Å². The lowest BCUT2D eigenvalue weighted by molar-refractivity contribution is -0.134. The van der Waals surface area contributed by atoms with Crippen molar-refractivity contribution in [2.75, 3.05) is 40.4 Å². The summed E-state index contributed by atoms with van der Waals surface area (Å²) in [6.45, 7) is 5.38. The molecular weight excluding hydrogens is 384 g/mol. The minimum absolute atomic E-state index is 0.0752. The fourth-order valence-corrected chi connectivity index (χ4v) is 5.36. The van der Waals surface area contributed by atoms with E-state index in [4.69, 9.17) is 9.47 Å². The maximum absolute atomic E-state index is 13.1. The zero-order valence-electron chi connectivity index (χ0n) is 17.5. The first kappa shape index (κ1) is 20.2. The van der Waals surface area contributed by atoms with Crippen LogP contribution in [0, 0.1) is 5.92 Å². The molecule has 6 heteroatoms. The Morgan fingerprint density at radius 1 is 1.14 bits per heavy atom. The monoisotopic (exact) mass is 414 g/mol. The molecule has 1 amide bonds. The molecule has 2 aliphatic rings.